The molecule has 3 rings (SSSR count). The summed E-state index contributed by atoms with van der Waals surface area (Å²) in [4.78, 5) is 57.6. The van der Waals surface area contributed by atoms with E-state index in [1.807, 2.05) is 0 Å². The molecule has 18 nitrogen and oxygen atoms in total. The zero-order chi connectivity index (χ0) is 24.1. The Labute approximate surface area is 176 Å². The Morgan fingerprint density at radius 1 is 1.16 bits per heavy atom. The lowest BCUT2D eigenvalue weighted by atomic mass is 10.0. The van der Waals surface area contributed by atoms with Crippen molar-refractivity contribution in [2.45, 2.75) is 31.0 Å². The van der Waals surface area contributed by atoms with Gasteiger partial charge in [0, 0.05) is 0 Å². The quantitative estimate of drug-likeness (QED) is 0.189. The lowest BCUT2D eigenvalue weighted by Crippen LogP contribution is -2.43. The van der Waals surface area contributed by atoms with Crippen LogP contribution in [0.5, 0.6) is 0 Å². The molecule has 0 saturated carbocycles. The number of phosphoric acid groups is 3. The third kappa shape index (κ3) is 5.24. The highest BCUT2D eigenvalue weighted by Gasteiger charge is 2.54. The maximum atomic E-state index is 11.8. The van der Waals surface area contributed by atoms with Gasteiger partial charge in [-0.1, -0.05) is 0 Å². The van der Waals surface area contributed by atoms with E-state index in [9.17, 15) is 33.6 Å². The lowest BCUT2D eigenvalue weighted by Gasteiger charge is -2.29. The molecule has 21 heteroatoms. The number of nitrogens with zero attached hydrogens (tertiary/aromatic N) is 3. The van der Waals surface area contributed by atoms with E-state index < -0.39 is 59.7 Å². The number of fused-ring (bicyclic) bond motifs is 1. The monoisotopic (exact) mass is 522 g/mol. The molecular weight excluding hydrogens is 505 g/mol. The number of nitrogens with one attached hydrogen (secondary N) is 1. The van der Waals surface area contributed by atoms with Gasteiger partial charge >= 0.3 is 23.5 Å². The second kappa shape index (κ2) is 8.45. The van der Waals surface area contributed by atoms with Gasteiger partial charge in [-0.25, -0.2) is 23.7 Å². The lowest BCUT2D eigenvalue weighted by molar-refractivity contribution is -0.131. The van der Waals surface area contributed by atoms with Crippen molar-refractivity contribution in [3.63, 3.8) is 0 Å². The fourth-order valence-corrected chi connectivity index (χ4v) is 5.97. The van der Waals surface area contributed by atoms with Crippen LogP contribution >= 0.6 is 23.5 Å². The Hall–Kier alpha value is -1.36. The number of hydrogen-bond donors (Lipinski definition) is 7. The number of aliphatic hydroxyl groups is 2. The van der Waals surface area contributed by atoms with Crippen LogP contribution in [0.1, 0.15) is 6.92 Å². The van der Waals surface area contributed by atoms with Crippen LogP contribution in [0.15, 0.2) is 17.4 Å². The van der Waals surface area contributed by atoms with Gasteiger partial charge in [-0.05, 0) is 6.92 Å². The fraction of sp³-hybridized carbons (Fsp3) is 0.545. The summed E-state index contributed by atoms with van der Waals surface area (Å²) in [5.74, 6) is 0. The average Bonchev–Trinajstić information content (AvgIpc) is 3.14. The smallest absolute Gasteiger partial charge is 0.387 e. The first kappa shape index (κ1) is 25.3. The number of aliphatic hydroxyl groups excluding tert-OH is 2. The van der Waals surface area contributed by atoms with E-state index in [0.29, 0.717) is 0 Å². The SMILES string of the molecule is C[C@@]1(n2cnc3c(=O)[nH]cnc32)O[C@H](COP(=O)(O)OP(=O)(O)OP(=O)(O)O)[C@@H](O)[C@H]1O. The summed E-state index contributed by atoms with van der Waals surface area (Å²) < 4.78 is 52.1. The van der Waals surface area contributed by atoms with Crippen molar-refractivity contribution >= 4 is 34.6 Å². The van der Waals surface area contributed by atoms with E-state index in [1.54, 1.807) is 0 Å². The van der Waals surface area contributed by atoms with Crippen LogP contribution in [-0.4, -0.2) is 74.2 Å². The van der Waals surface area contributed by atoms with Crippen LogP contribution < -0.4 is 5.56 Å². The number of phosphoric ester groups is 1. The predicted octanol–water partition coefficient (Wildman–Crippen LogP) is -1.74. The molecule has 0 spiro atoms. The number of aromatic nitrogens is 4. The molecule has 3 heterocycles. The molecule has 0 aliphatic carbocycles. The second-order valence-corrected chi connectivity index (χ2v) is 11.0. The Morgan fingerprint density at radius 2 is 1.81 bits per heavy atom. The largest absolute Gasteiger partial charge is 0.490 e. The number of aromatic amines is 1. The van der Waals surface area contributed by atoms with E-state index in [0.717, 1.165) is 17.2 Å². The molecule has 1 saturated heterocycles. The molecule has 1 aliphatic rings. The van der Waals surface area contributed by atoms with E-state index >= 15 is 0 Å². The molecular formula is C11H17N4O14P3. The van der Waals surface area contributed by atoms with Crippen molar-refractivity contribution in [3.8, 4) is 0 Å². The van der Waals surface area contributed by atoms with Gasteiger partial charge in [0.2, 0.25) is 0 Å². The molecule has 2 unspecified atom stereocenters. The van der Waals surface area contributed by atoms with Crippen molar-refractivity contribution in [3.05, 3.63) is 23.0 Å². The molecule has 6 atom stereocenters. The Balaban J connectivity index is 1.76. The number of ether oxygens (including phenoxy) is 1. The van der Waals surface area contributed by atoms with Crippen LogP contribution in [0.3, 0.4) is 0 Å². The van der Waals surface area contributed by atoms with Crippen molar-refractivity contribution in [2.75, 3.05) is 6.61 Å². The van der Waals surface area contributed by atoms with E-state index in [2.05, 4.69) is 28.1 Å². The minimum absolute atomic E-state index is 0.0176. The summed E-state index contributed by atoms with van der Waals surface area (Å²) in [6.07, 6.45) is -2.80. The van der Waals surface area contributed by atoms with Crippen molar-refractivity contribution in [1.29, 1.82) is 0 Å². The molecule has 2 aromatic rings. The Kier molecular flexibility index (Phi) is 6.67. The maximum absolute atomic E-state index is 11.8. The van der Waals surface area contributed by atoms with Gasteiger partial charge in [-0.2, -0.15) is 8.62 Å². The van der Waals surface area contributed by atoms with Gasteiger partial charge in [0.15, 0.2) is 16.9 Å². The van der Waals surface area contributed by atoms with Crippen LogP contribution in [0, 0.1) is 0 Å². The first-order chi connectivity index (χ1) is 14.5. The standard InChI is InChI=1S/C11H17N4O14P3/c1-11(15-4-14-6-9(15)12-3-13-10(6)18)8(17)7(16)5(27-11)2-26-31(22,23)29-32(24,25)28-30(19,20)21/h3-5,7-8,16-17H,2H2,1H3,(H,22,23)(H,24,25)(H,12,13,18)(H2,19,20,21)/t5-,7-,8-,11-/m1/s1. The molecule has 0 bridgehead atoms. The molecule has 1 aliphatic heterocycles. The summed E-state index contributed by atoms with van der Waals surface area (Å²) in [6.45, 7) is 0.286. The zero-order valence-corrected chi connectivity index (χ0v) is 18.4. The first-order valence-electron chi connectivity index (χ1n) is 8.28. The minimum Gasteiger partial charge on any atom is -0.387 e. The van der Waals surface area contributed by atoms with E-state index in [4.69, 9.17) is 19.4 Å². The molecule has 32 heavy (non-hydrogen) atoms. The topological polar surface area (TPSA) is 273 Å². The van der Waals surface area contributed by atoms with Crippen molar-refractivity contribution in [1.82, 2.24) is 19.5 Å². The summed E-state index contributed by atoms with van der Waals surface area (Å²) in [5, 5.41) is 20.8. The summed E-state index contributed by atoms with van der Waals surface area (Å²) in [7, 11) is -16.8. The molecule has 1 fully saturated rings. The van der Waals surface area contributed by atoms with Gasteiger partial charge in [-0.3, -0.25) is 13.9 Å². The average molecular weight is 522 g/mol. The molecule has 180 valence electrons. The van der Waals surface area contributed by atoms with E-state index in [-0.39, 0.29) is 11.2 Å². The van der Waals surface area contributed by atoms with Crippen LogP contribution in [0.2, 0.25) is 0 Å². The van der Waals surface area contributed by atoms with Crippen molar-refractivity contribution in [2.24, 2.45) is 0 Å². The van der Waals surface area contributed by atoms with Gasteiger partial charge in [-0.15, -0.1) is 0 Å². The normalized spacial score (nSPS) is 30.3. The third-order valence-electron chi connectivity index (χ3n) is 4.28. The van der Waals surface area contributed by atoms with Crippen LogP contribution in [0.4, 0.5) is 0 Å². The molecule has 0 aromatic carbocycles. The second-order valence-electron chi connectivity index (χ2n) is 6.55. The van der Waals surface area contributed by atoms with Gasteiger partial charge in [0.05, 0.1) is 19.3 Å². The minimum atomic E-state index is -5.73. The zero-order valence-electron chi connectivity index (χ0n) is 15.7. The predicted molar refractivity (Wildman–Crippen MR) is 98.5 cm³/mol. The molecule has 0 amide bonds. The highest BCUT2D eigenvalue weighted by molar-refractivity contribution is 7.66. The van der Waals surface area contributed by atoms with E-state index in [1.165, 1.54) is 6.92 Å². The van der Waals surface area contributed by atoms with Gasteiger partial charge < -0.3 is 39.5 Å². The van der Waals surface area contributed by atoms with Crippen LogP contribution in [-0.2, 0) is 37.3 Å². The Bertz CT molecular complexity index is 1210. The van der Waals surface area contributed by atoms with Gasteiger partial charge in [0.1, 0.15) is 18.3 Å². The number of rotatable bonds is 8. The summed E-state index contributed by atoms with van der Waals surface area (Å²) in [6, 6.07) is 0. The highest BCUT2D eigenvalue weighted by Crippen LogP contribution is 2.66. The summed E-state index contributed by atoms with van der Waals surface area (Å²) in [5.41, 5.74) is -2.50. The Morgan fingerprint density at radius 3 is 2.44 bits per heavy atom. The highest BCUT2D eigenvalue weighted by atomic mass is 31.3. The fourth-order valence-electron chi connectivity index (χ4n) is 2.94. The first-order valence-corrected chi connectivity index (χ1v) is 12.8. The van der Waals surface area contributed by atoms with Gasteiger partial charge in [0.25, 0.3) is 5.56 Å². The number of hydrogen-bond acceptors (Lipinski definition) is 12. The maximum Gasteiger partial charge on any atom is 0.490 e. The summed E-state index contributed by atoms with van der Waals surface area (Å²) >= 11 is 0. The van der Waals surface area contributed by atoms with Crippen molar-refractivity contribution < 1.29 is 61.4 Å². The molecule has 2 aromatic heterocycles. The number of H-pyrrole nitrogens is 1. The molecule has 0 radical (unpaired) electrons. The van der Waals surface area contributed by atoms with Crippen LogP contribution in [0.25, 0.3) is 11.2 Å². The number of imidazole rings is 1. The third-order valence-corrected chi connectivity index (χ3v) is 8.08. The molecule has 7 N–H and O–H groups in total.